The summed E-state index contributed by atoms with van der Waals surface area (Å²) in [4.78, 5) is 25.7. The van der Waals surface area contributed by atoms with Gasteiger partial charge >= 0.3 is 0 Å². The Bertz CT molecular complexity index is 413. The summed E-state index contributed by atoms with van der Waals surface area (Å²) >= 11 is 0. The lowest BCUT2D eigenvalue weighted by Gasteiger charge is -2.08. The van der Waals surface area contributed by atoms with E-state index in [4.69, 9.17) is 10.5 Å². The maximum atomic E-state index is 11.0. The Kier molecular flexibility index (Phi) is 2.37. The summed E-state index contributed by atoms with van der Waals surface area (Å²) in [6, 6.07) is 0. The Balaban J connectivity index is 2.38. The zero-order valence-electron chi connectivity index (χ0n) is 7.97. The molecule has 1 fully saturated rings. The minimum absolute atomic E-state index is 0.100. The van der Waals surface area contributed by atoms with E-state index < -0.39 is 5.91 Å². The molecule has 0 spiro atoms. The summed E-state index contributed by atoms with van der Waals surface area (Å²) in [5.74, 6) is -0.338. The van der Waals surface area contributed by atoms with Crippen LogP contribution in [0, 0.1) is 0 Å². The second-order valence-corrected chi connectivity index (χ2v) is 3.40. The van der Waals surface area contributed by atoms with Gasteiger partial charge in [0.05, 0.1) is 23.4 Å². The van der Waals surface area contributed by atoms with Crippen LogP contribution in [-0.4, -0.2) is 23.3 Å². The van der Waals surface area contributed by atoms with Crippen molar-refractivity contribution in [3.8, 4) is 5.75 Å². The van der Waals surface area contributed by atoms with Crippen LogP contribution in [0.25, 0.3) is 0 Å². The number of hydrogen-bond donors (Lipinski definition) is 1. The molecule has 2 rings (SSSR count). The SMILES string of the molecule is NC(=O)c1cncc(OC2CC2)c1C=O. The van der Waals surface area contributed by atoms with Crippen molar-refractivity contribution in [2.45, 2.75) is 18.9 Å². The van der Waals surface area contributed by atoms with Gasteiger partial charge in [0.25, 0.3) is 5.91 Å². The minimum Gasteiger partial charge on any atom is -0.488 e. The summed E-state index contributed by atoms with van der Waals surface area (Å²) in [7, 11) is 0. The third-order valence-electron chi connectivity index (χ3n) is 2.15. The third-order valence-corrected chi connectivity index (χ3v) is 2.15. The van der Waals surface area contributed by atoms with Crippen LogP contribution in [0.1, 0.15) is 33.6 Å². The third kappa shape index (κ3) is 1.96. The lowest BCUT2D eigenvalue weighted by molar-refractivity contribution is 0.0991. The van der Waals surface area contributed by atoms with E-state index >= 15 is 0 Å². The zero-order chi connectivity index (χ0) is 10.8. The number of rotatable bonds is 4. The number of aldehydes is 1. The smallest absolute Gasteiger partial charge is 0.251 e. The van der Waals surface area contributed by atoms with Crippen LogP contribution in [0.3, 0.4) is 0 Å². The molecule has 0 saturated heterocycles. The molecule has 1 aliphatic carbocycles. The van der Waals surface area contributed by atoms with Gasteiger partial charge < -0.3 is 10.5 Å². The molecule has 0 bridgehead atoms. The van der Waals surface area contributed by atoms with Crippen LogP contribution in [0.5, 0.6) is 5.75 Å². The number of carbonyl (C=O) groups excluding carboxylic acids is 2. The molecular weight excluding hydrogens is 196 g/mol. The van der Waals surface area contributed by atoms with Crippen molar-refractivity contribution in [1.29, 1.82) is 0 Å². The van der Waals surface area contributed by atoms with Crippen LogP contribution in [0.4, 0.5) is 0 Å². The number of aromatic nitrogens is 1. The molecule has 1 heterocycles. The van der Waals surface area contributed by atoms with Gasteiger partial charge in [-0.05, 0) is 12.8 Å². The van der Waals surface area contributed by atoms with Crippen molar-refractivity contribution in [2.24, 2.45) is 5.73 Å². The van der Waals surface area contributed by atoms with Gasteiger partial charge in [-0.1, -0.05) is 0 Å². The largest absolute Gasteiger partial charge is 0.488 e. The van der Waals surface area contributed by atoms with E-state index in [0.717, 1.165) is 12.8 Å². The highest BCUT2D eigenvalue weighted by Gasteiger charge is 2.25. The Hall–Kier alpha value is -1.91. The first-order valence-corrected chi connectivity index (χ1v) is 4.62. The van der Waals surface area contributed by atoms with Crippen molar-refractivity contribution in [3.63, 3.8) is 0 Å². The van der Waals surface area contributed by atoms with E-state index in [9.17, 15) is 9.59 Å². The fourth-order valence-electron chi connectivity index (χ4n) is 1.23. The molecule has 1 amide bonds. The van der Waals surface area contributed by atoms with E-state index in [0.29, 0.717) is 12.0 Å². The first-order chi connectivity index (χ1) is 7.22. The van der Waals surface area contributed by atoms with E-state index in [1.165, 1.54) is 12.4 Å². The Morgan fingerprint density at radius 3 is 2.80 bits per heavy atom. The number of nitrogens with two attached hydrogens (primary N) is 1. The van der Waals surface area contributed by atoms with Crippen molar-refractivity contribution >= 4 is 12.2 Å². The van der Waals surface area contributed by atoms with Crippen LogP contribution in [0.15, 0.2) is 12.4 Å². The molecular formula is C10H10N2O3. The van der Waals surface area contributed by atoms with Gasteiger partial charge in [0.15, 0.2) is 6.29 Å². The summed E-state index contributed by atoms with van der Waals surface area (Å²) in [5, 5.41) is 0. The molecule has 0 aromatic carbocycles. The highest BCUT2D eigenvalue weighted by atomic mass is 16.5. The molecule has 2 N–H and O–H groups in total. The summed E-state index contributed by atoms with van der Waals surface area (Å²) in [5.41, 5.74) is 5.40. The summed E-state index contributed by atoms with van der Waals surface area (Å²) in [6.07, 6.45) is 5.35. The Labute approximate surface area is 86.2 Å². The van der Waals surface area contributed by atoms with E-state index in [2.05, 4.69) is 4.98 Å². The number of ether oxygens (including phenoxy) is 1. The molecule has 0 radical (unpaired) electrons. The molecule has 0 unspecified atom stereocenters. The lowest BCUT2D eigenvalue weighted by Crippen LogP contribution is -2.15. The number of amides is 1. The van der Waals surface area contributed by atoms with Crippen molar-refractivity contribution in [2.75, 3.05) is 0 Å². The van der Waals surface area contributed by atoms with Crippen molar-refractivity contribution in [1.82, 2.24) is 4.98 Å². The molecule has 5 nitrogen and oxygen atoms in total. The topological polar surface area (TPSA) is 82.3 Å². The summed E-state index contributed by atoms with van der Waals surface area (Å²) < 4.78 is 5.44. The quantitative estimate of drug-likeness (QED) is 0.728. The van der Waals surface area contributed by atoms with Gasteiger partial charge in [0.2, 0.25) is 0 Å². The molecule has 0 aliphatic heterocycles. The second-order valence-electron chi connectivity index (χ2n) is 3.40. The standard InChI is InChI=1S/C10H10N2O3/c11-10(14)7-3-12-4-9(8(7)5-13)15-6-1-2-6/h3-6H,1-2H2,(H2,11,14). The average molecular weight is 206 g/mol. The van der Waals surface area contributed by atoms with Crippen LogP contribution in [-0.2, 0) is 0 Å². The number of hydrogen-bond acceptors (Lipinski definition) is 4. The number of nitrogens with zero attached hydrogens (tertiary/aromatic N) is 1. The number of pyridine rings is 1. The van der Waals surface area contributed by atoms with Gasteiger partial charge in [-0.2, -0.15) is 0 Å². The predicted octanol–water partition coefficient (Wildman–Crippen LogP) is 0.534. The monoisotopic (exact) mass is 206 g/mol. The fraction of sp³-hybridized carbons (Fsp3) is 0.300. The Morgan fingerprint density at radius 1 is 1.53 bits per heavy atom. The molecule has 78 valence electrons. The molecule has 1 aliphatic rings. The molecule has 0 atom stereocenters. The Morgan fingerprint density at radius 2 is 2.27 bits per heavy atom. The van der Waals surface area contributed by atoms with E-state index in [-0.39, 0.29) is 17.2 Å². The minimum atomic E-state index is -0.675. The normalized spacial score (nSPS) is 14.7. The summed E-state index contributed by atoms with van der Waals surface area (Å²) in [6.45, 7) is 0. The van der Waals surface area contributed by atoms with Gasteiger partial charge in [0, 0.05) is 6.20 Å². The van der Waals surface area contributed by atoms with Crippen molar-refractivity contribution < 1.29 is 14.3 Å². The first-order valence-electron chi connectivity index (χ1n) is 4.62. The van der Waals surface area contributed by atoms with Crippen LogP contribution < -0.4 is 10.5 Å². The van der Waals surface area contributed by atoms with Crippen LogP contribution in [0.2, 0.25) is 0 Å². The highest BCUT2D eigenvalue weighted by Crippen LogP contribution is 2.29. The number of carbonyl (C=O) groups is 2. The maximum absolute atomic E-state index is 11.0. The van der Waals surface area contributed by atoms with E-state index in [1.807, 2.05) is 0 Å². The molecule has 1 aromatic heterocycles. The maximum Gasteiger partial charge on any atom is 0.251 e. The average Bonchev–Trinajstić information content (AvgIpc) is 3.01. The molecule has 1 aromatic rings. The van der Waals surface area contributed by atoms with Gasteiger partial charge in [-0.15, -0.1) is 0 Å². The predicted molar refractivity (Wildman–Crippen MR) is 51.8 cm³/mol. The molecule has 1 saturated carbocycles. The lowest BCUT2D eigenvalue weighted by atomic mass is 10.1. The fourth-order valence-corrected chi connectivity index (χ4v) is 1.23. The van der Waals surface area contributed by atoms with Gasteiger partial charge in [-0.25, -0.2) is 0 Å². The van der Waals surface area contributed by atoms with Crippen LogP contribution >= 0.6 is 0 Å². The second kappa shape index (κ2) is 3.68. The highest BCUT2D eigenvalue weighted by molar-refractivity contribution is 6.01. The van der Waals surface area contributed by atoms with Gasteiger partial charge in [-0.3, -0.25) is 14.6 Å². The molecule has 15 heavy (non-hydrogen) atoms. The first kappa shape index (κ1) is 9.64. The number of primary amides is 1. The zero-order valence-corrected chi connectivity index (χ0v) is 7.97. The van der Waals surface area contributed by atoms with Crippen molar-refractivity contribution in [3.05, 3.63) is 23.5 Å². The van der Waals surface area contributed by atoms with Gasteiger partial charge in [0.1, 0.15) is 5.75 Å². The molecule has 5 heteroatoms. The van der Waals surface area contributed by atoms with E-state index in [1.54, 1.807) is 0 Å².